The Labute approximate surface area is 178 Å². The maximum Gasteiger partial charge on any atom is 0.171 e. The SMILES string of the molecule is CC(C)(C)NC(=S)Nc1ccc2nc3c4cccnc4c4ncccc4c3nc2c1. The van der Waals surface area contributed by atoms with E-state index in [4.69, 9.17) is 22.2 Å². The minimum absolute atomic E-state index is 0.113. The highest BCUT2D eigenvalue weighted by Gasteiger charge is 2.14. The molecule has 0 fully saturated rings. The van der Waals surface area contributed by atoms with E-state index in [9.17, 15) is 0 Å². The van der Waals surface area contributed by atoms with E-state index in [0.29, 0.717) is 5.11 Å². The van der Waals surface area contributed by atoms with E-state index in [1.54, 1.807) is 12.4 Å². The van der Waals surface area contributed by atoms with Crippen molar-refractivity contribution in [2.45, 2.75) is 26.3 Å². The Morgan fingerprint density at radius 1 is 0.800 bits per heavy atom. The topological polar surface area (TPSA) is 75.6 Å². The van der Waals surface area contributed by atoms with Gasteiger partial charge in [0.25, 0.3) is 0 Å². The van der Waals surface area contributed by atoms with E-state index in [-0.39, 0.29) is 5.54 Å². The molecule has 2 aromatic carbocycles. The van der Waals surface area contributed by atoms with Crippen LogP contribution in [0.5, 0.6) is 0 Å². The maximum atomic E-state index is 5.43. The third kappa shape index (κ3) is 3.27. The number of thiocarbonyl (C=S) groups is 1. The fourth-order valence-corrected chi connectivity index (χ4v) is 4.00. The van der Waals surface area contributed by atoms with E-state index in [1.165, 1.54) is 0 Å². The average Bonchev–Trinajstić information content (AvgIpc) is 2.71. The summed E-state index contributed by atoms with van der Waals surface area (Å²) in [5.41, 5.74) is 5.68. The van der Waals surface area contributed by atoms with E-state index in [0.717, 1.165) is 49.6 Å². The summed E-state index contributed by atoms with van der Waals surface area (Å²) in [4.78, 5) is 19.0. The molecule has 0 atom stereocenters. The Hall–Kier alpha value is -3.45. The van der Waals surface area contributed by atoms with Gasteiger partial charge in [-0.05, 0) is 75.5 Å². The molecule has 7 heteroatoms. The summed E-state index contributed by atoms with van der Waals surface area (Å²) in [5, 5.41) is 8.96. The molecular formula is C23H20N6S. The van der Waals surface area contributed by atoms with Gasteiger partial charge in [-0.25, -0.2) is 9.97 Å². The predicted octanol–water partition coefficient (Wildman–Crippen LogP) is 4.96. The molecule has 3 aromatic heterocycles. The first-order valence-electron chi connectivity index (χ1n) is 9.71. The molecular weight excluding hydrogens is 392 g/mol. The highest BCUT2D eigenvalue weighted by Crippen LogP contribution is 2.32. The zero-order valence-corrected chi connectivity index (χ0v) is 17.7. The van der Waals surface area contributed by atoms with E-state index >= 15 is 0 Å². The number of pyridine rings is 2. The molecule has 0 unspecified atom stereocenters. The molecule has 3 heterocycles. The number of anilines is 1. The van der Waals surface area contributed by atoms with Crippen molar-refractivity contribution in [1.29, 1.82) is 0 Å². The summed E-state index contributed by atoms with van der Waals surface area (Å²) >= 11 is 5.43. The first-order chi connectivity index (χ1) is 14.4. The van der Waals surface area contributed by atoms with Gasteiger partial charge in [0.05, 0.1) is 33.1 Å². The Bertz CT molecular complexity index is 1460. The molecule has 2 N–H and O–H groups in total. The first-order valence-corrected chi connectivity index (χ1v) is 10.1. The van der Waals surface area contributed by atoms with Gasteiger partial charge in [0.1, 0.15) is 0 Å². The van der Waals surface area contributed by atoms with Gasteiger partial charge in [0.2, 0.25) is 0 Å². The molecule has 5 rings (SSSR count). The van der Waals surface area contributed by atoms with Crippen LogP contribution in [0.2, 0.25) is 0 Å². The summed E-state index contributed by atoms with van der Waals surface area (Å²) in [6.07, 6.45) is 3.56. The second kappa shape index (κ2) is 6.81. The van der Waals surface area contributed by atoms with Gasteiger partial charge in [-0.2, -0.15) is 0 Å². The third-order valence-corrected chi connectivity index (χ3v) is 4.96. The lowest BCUT2D eigenvalue weighted by Gasteiger charge is -2.23. The Morgan fingerprint density at radius 3 is 2.00 bits per heavy atom. The summed E-state index contributed by atoms with van der Waals surface area (Å²) in [6, 6.07) is 13.8. The lowest BCUT2D eigenvalue weighted by Crippen LogP contribution is -2.42. The summed E-state index contributed by atoms with van der Waals surface area (Å²) in [6.45, 7) is 6.20. The number of hydrogen-bond donors (Lipinski definition) is 2. The lowest BCUT2D eigenvalue weighted by atomic mass is 10.1. The standard InChI is InChI=1S/C23H20N6S/c1-23(2,3)29-22(30)26-13-8-9-16-17(12-13)28-21-15-7-5-11-25-19(15)18-14(20(21)27-16)6-4-10-24-18/h4-12H,1-3H3,(H2,26,29,30). The molecule has 0 saturated carbocycles. The highest BCUT2D eigenvalue weighted by molar-refractivity contribution is 7.80. The molecule has 0 spiro atoms. The van der Waals surface area contributed by atoms with Gasteiger partial charge < -0.3 is 10.6 Å². The van der Waals surface area contributed by atoms with Gasteiger partial charge in [0.15, 0.2) is 5.11 Å². The second-order valence-electron chi connectivity index (χ2n) is 8.25. The first kappa shape index (κ1) is 18.6. The molecule has 0 saturated heterocycles. The smallest absolute Gasteiger partial charge is 0.171 e. The van der Waals surface area contributed by atoms with Crippen LogP contribution in [0, 0.1) is 0 Å². The zero-order valence-electron chi connectivity index (χ0n) is 16.9. The van der Waals surface area contributed by atoms with Crippen molar-refractivity contribution in [3.63, 3.8) is 0 Å². The van der Waals surface area contributed by atoms with E-state index in [2.05, 4.69) is 41.4 Å². The van der Waals surface area contributed by atoms with Crippen LogP contribution in [-0.2, 0) is 0 Å². The van der Waals surface area contributed by atoms with Crippen molar-refractivity contribution in [3.8, 4) is 0 Å². The van der Waals surface area contributed by atoms with Crippen LogP contribution in [0.15, 0.2) is 54.9 Å². The number of hydrogen-bond acceptors (Lipinski definition) is 5. The van der Waals surface area contributed by atoms with Gasteiger partial charge in [-0.1, -0.05) is 0 Å². The molecule has 148 valence electrons. The molecule has 5 aromatic rings. The summed E-state index contributed by atoms with van der Waals surface area (Å²) in [5.74, 6) is 0. The fourth-order valence-electron chi connectivity index (χ4n) is 3.58. The second-order valence-corrected chi connectivity index (χ2v) is 8.66. The van der Waals surface area contributed by atoms with Crippen molar-refractivity contribution >= 4 is 66.9 Å². The van der Waals surface area contributed by atoms with Crippen LogP contribution in [0.25, 0.3) is 43.9 Å². The molecule has 0 radical (unpaired) electrons. The van der Waals surface area contributed by atoms with Crippen LogP contribution in [0.4, 0.5) is 5.69 Å². The molecule has 0 bridgehead atoms. The maximum absolute atomic E-state index is 5.43. The monoisotopic (exact) mass is 412 g/mol. The average molecular weight is 413 g/mol. The number of benzene rings is 2. The Kier molecular flexibility index (Phi) is 4.22. The van der Waals surface area contributed by atoms with Crippen LogP contribution in [-0.4, -0.2) is 30.6 Å². The largest absolute Gasteiger partial charge is 0.358 e. The van der Waals surface area contributed by atoms with Crippen molar-refractivity contribution in [3.05, 3.63) is 54.9 Å². The number of fused-ring (bicyclic) bond motifs is 7. The molecule has 0 aliphatic carbocycles. The zero-order chi connectivity index (χ0) is 20.9. The van der Waals surface area contributed by atoms with Crippen molar-refractivity contribution in [1.82, 2.24) is 25.3 Å². The molecule has 0 aliphatic rings. The number of nitrogens with one attached hydrogen (secondary N) is 2. The van der Waals surface area contributed by atoms with E-state index < -0.39 is 0 Å². The Morgan fingerprint density at radius 2 is 1.40 bits per heavy atom. The number of aromatic nitrogens is 4. The van der Waals surface area contributed by atoms with Crippen LogP contribution in [0.1, 0.15) is 20.8 Å². The van der Waals surface area contributed by atoms with Gasteiger partial charge in [-0.15, -0.1) is 0 Å². The Balaban J connectivity index is 1.71. The molecule has 30 heavy (non-hydrogen) atoms. The molecule has 6 nitrogen and oxygen atoms in total. The van der Waals surface area contributed by atoms with Crippen LogP contribution >= 0.6 is 12.2 Å². The van der Waals surface area contributed by atoms with Crippen LogP contribution in [0.3, 0.4) is 0 Å². The van der Waals surface area contributed by atoms with Crippen LogP contribution < -0.4 is 10.6 Å². The molecule has 0 aliphatic heterocycles. The van der Waals surface area contributed by atoms with Crippen molar-refractivity contribution < 1.29 is 0 Å². The summed E-state index contributed by atoms with van der Waals surface area (Å²) in [7, 11) is 0. The minimum atomic E-state index is -0.113. The highest BCUT2D eigenvalue weighted by atomic mass is 32.1. The van der Waals surface area contributed by atoms with Gasteiger partial charge in [0, 0.05) is 34.4 Å². The van der Waals surface area contributed by atoms with E-state index in [1.807, 2.05) is 42.5 Å². The number of nitrogens with zero attached hydrogens (tertiary/aromatic N) is 4. The third-order valence-electron chi connectivity index (χ3n) is 4.76. The minimum Gasteiger partial charge on any atom is -0.358 e. The predicted molar refractivity (Wildman–Crippen MR) is 127 cm³/mol. The van der Waals surface area contributed by atoms with Gasteiger partial charge in [-0.3, -0.25) is 9.97 Å². The fraction of sp³-hybridized carbons (Fsp3) is 0.174. The van der Waals surface area contributed by atoms with Gasteiger partial charge >= 0.3 is 0 Å². The quantitative estimate of drug-likeness (QED) is 0.229. The normalized spacial score (nSPS) is 12.0. The lowest BCUT2D eigenvalue weighted by molar-refractivity contribution is 0.515. The summed E-state index contributed by atoms with van der Waals surface area (Å²) < 4.78 is 0. The van der Waals surface area contributed by atoms with Crippen molar-refractivity contribution in [2.75, 3.05) is 5.32 Å². The van der Waals surface area contributed by atoms with Crippen molar-refractivity contribution in [2.24, 2.45) is 0 Å². The number of rotatable bonds is 1. The molecule has 0 amide bonds.